The molecule has 0 fully saturated rings. The summed E-state index contributed by atoms with van der Waals surface area (Å²) in [5, 5.41) is 11.4. The van der Waals surface area contributed by atoms with Crippen molar-refractivity contribution in [2.75, 3.05) is 0 Å². The van der Waals surface area contributed by atoms with Crippen molar-refractivity contribution in [3.63, 3.8) is 0 Å². The molecule has 0 saturated heterocycles. The van der Waals surface area contributed by atoms with Gasteiger partial charge in [0, 0.05) is 22.2 Å². The third kappa shape index (κ3) is 3.25. The smallest absolute Gasteiger partial charge is 0.352 e. The number of nitrogens with one attached hydrogen (secondary N) is 1. The number of nitro benzene ring substituents is 1. The number of hydrogen-bond acceptors (Lipinski definition) is 4. The molecule has 0 aliphatic carbocycles. The SMILES string of the molecule is Cc1c[nH]c(=S)c(-c2c(S)cc(C(F)(F)F)c(C)c2[N+](=O)[O-])c1. The molecule has 1 heterocycles. The Morgan fingerprint density at radius 1 is 1.30 bits per heavy atom. The first-order valence-electron chi connectivity index (χ1n) is 6.32. The quantitative estimate of drug-likeness (QED) is 0.333. The van der Waals surface area contributed by atoms with Crippen molar-refractivity contribution in [2.45, 2.75) is 24.9 Å². The molecule has 0 saturated carbocycles. The maximum Gasteiger partial charge on any atom is 0.416 e. The number of aryl methyl sites for hydroxylation is 1. The molecule has 2 rings (SSSR count). The maximum atomic E-state index is 13.1. The zero-order valence-electron chi connectivity index (χ0n) is 12.0. The van der Waals surface area contributed by atoms with Crippen molar-refractivity contribution in [1.82, 2.24) is 4.98 Å². The molecule has 122 valence electrons. The molecule has 0 spiro atoms. The zero-order valence-corrected chi connectivity index (χ0v) is 13.7. The van der Waals surface area contributed by atoms with Crippen LogP contribution in [0.1, 0.15) is 16.7 Å². The number of aromatic amines is 1. The molecule has 9 heteroatoms. The second-order valence-electron chi connectivity index (χ2n) is 4.97. The van der Waals surface area contributed by atoms with E-state index in [1.54, 1.807) is 19.2 Å². The summed E-state index contributed by atoms with van der Waals surface area (Å²) in [5.41, 5.74) is -1.21. The molecule has 0 aliphatic heterocycles. The van der Waals surface area contributed by atoms with Crippen LogP contribution in [0.2, 0.25) is 0 Å². The summed E-state index contributed by atoms with van der Waals surface area (Å²) >= 11 is 9.15. The number of halogens is 3. The lowest BCUT2D eigenvalue weighted by atomic mass is 9.96. The first kappa shape index (κ1) is 17.5. The molecule has 2 aromatic rings. The number of rotatable bonds is 2. The Morgan fingerprint density at radius 3 is 2.43 bits per heavy atom. The van der Waals surface area contributed by atoms with E-state index in [0.29, 0.717) is 0 Å². The molecule has 23 heavy (non-hydrogen) atoms. The van der Waals surface area contributed by atoms with Crippen molar-refractivity contribution in [1.29, 1.82) is 0 Å². The van der Waals surface area contributed by atoms with E-state index in [4.69, 9.17) is 12.2 Å². The highest BCUT2D eigenvalue weighted by atomic mass is 32.1. The van der Waals surface area contributed by atoms with Gasteiger partial charge in [0.1, 0.15) is 4.64 Å². The van der Waals surface area contributed by atoms with E-state index in [1.807, 2.05) is 0 Å². The van der Waals surface area contributed by atoms with E-state index in [9.17, 15) is 23.3 Å². The molecule has 1 aromatic heterocycles. The maximum absolute atomic E-state index is 13.1. The predicted molar refractivity (Wildman–Crippen MR) is 85.4 cm³/mol. The summed E-state index contributed by atoms with van der Waals surface area (Å²) < 4.78 is 39.4. The molecule has 1 aromatic carbocycles. The molecule has 0 unspecified atom stereocenters. The van der Waals surface area contributed by atoms with Crippen LogP contribution in [0.4, 0.5) is 18.9 Å². The van der Waals surface area contributed by atoms with E-state index in [2.05, 4.69) is 17.6 Å². The van der Waals surface area contributed by atoms with Crippen LogP contribution in [0, 0.1) is 28.6 Å². The molecular formula is C14H11F3N2O2S2. The van der Waals surface area contributed by atoms with Crippen LogP contribution in [-0.4, -0.2) is 9.91 Å². The van der Waals surface area contributed by atoms with Crippen LogP contribution in [-0.2, 0) is 6.18 Å². The highest BCUT2D eigenvalue weighted by Crippen LogP contribution is 2.44. The van der Waals surface area contributed by atoms with Gasteiger partial charge < -0.3 is 4.98 Å². The average Bonchev–Trinajstić information content (AvgIpc) is 2.41. The topological polar surface area (TPSA) is 58.9 Å². The number of H-pyrrole nitrogens is 1. The number of alkyl halides is 3. The summed E-state index contributed by atoms with van der Waals surface area (Å²) in [6.07, 6.45) is -3.10. The van der Waals surface area contributed by atoms with Crippen LogP contribution in [0.15, 0.2) is 23.2 Å². The van der Waals surface area contributed by atoms with E-state index >= 15 is 0 Å². The number of hydrogen-bond donors (Lipinski definition) is 2. The van der Waals surface area contributed by atoms with Crippen LogP contribution in [0.5, 0.6) is 0 Å². The molecule has 4 nitrogen and oxygen atoms in total. The normalized spacial score (nSPS) is 11.6. The van der Waals surface area contributed by atoms with Crippen molar-refractivity contribution in [3.05, 3.63) is 49.8 Å². The Bertz CT molecular complexity index is 860. The first-order valence-corrected chi connectivity index (χ1v) is 7.17. The number of thiol groups is 1. The Kier molecular flexibility index (Phi) is 4.54. The van der Waals surface area contributed by atoms with Gasteiger partial charge in [-0.1, -0.05) is 12.2 Å². The van der Waals surface area contributed by atoms with Crippen molar-refractivity contribution < 1.29 is 18.1 Å². The molecule has 1 N–H and O–H groups in total. The molecule has 0 bridgehead atoms. The Morgan fingerprint density at radius 2 is 1.91 bits per heavy atom. The van der Waals surface area contributed by atoms with Gasteiger partial charge >= 0.3 is 6.18 Å². The fraction of sp³-hybridized carbons (Fsp3) is 0.214. The predicted octanol–water partition coefficient (Wildman–Crippen LogP) is 5.24. The minimum Gasteiger partial charge on any atom is -0.352 e. The summed E-state index contributed by atoms with van der Waals surface area (Å²) in [7, 11) is 0. The summed E-state index contributed by atoms with van der Waals surface area (Å²) in [6.45, 7) is 2.80. The molecule has 0 aliphatic rings. The van der Waals surface area contributed by atoms with E-state index in [1.165, 1.54) is 0 Å². The lowest BCUT2D eigenvalue weighted by Crippen LogP contribution is -2.10. The van der Waals surface area contributed by atoms with Gasteiger partial charge in [-0.3, -0.25) is 10.1 Å². The van der Waals surface area contributed by atoms with Gasteiger partial charge in [-0.2, -0.15) is 13.2 Å². The van der Waals surface area contributed by atoms with E-state index < -0.39 is 27.9 Å². The van der Waals surface area contributed by atoms with Crippen molar-refractivity contribution in [3.8, 4) is 11.1 Å². The minimum atomic E-state index is -4.71. The fourth-order valence-electron chi connectivity index (χ4n) is 2.32. The largest absolute Gasteiger partial charge is 0.416 e. The number of nitro groups is 1. The summed E-state index contributed by atoms with van der Waals surface area (Å²) in [4.78, 5) is 13.2. The number of aromatic nitrogens is 1. The van der Waals surface area contributed by atoms with Crippen LogP contribution < -0.4 is 0 Å². The highest BCUT2D eigenvalue weighted by molar-refractivity contribution is 7.80. The minimum absolute atomic E-state index is 0.0196. The molecule has 0 atom stereocenters. The number of benzene rings is 1. The number of nitrogens with zero attached hydrogens (tertiary/aromatic N) is 1. The Labute approximate surface area is 139 Å². The van der Waals surface area contributed by atoms with E-state index in [0.717, 1.165) is 18.6 Å². The standard InChI is InChI=1S/C14H11F3N2O2S2/c1-6-3-8(13(23)18-5-6)11-10(22)4-9(14(15,16)17)7(2)12(11)19(20)21/h3-5,22H,1-2H3,(H,18,23). The van der Waals surface area contributed by atoms with E-state index in [-0.39, 0.29) is 20.7 Å². The van der Waals surface area contributed by atoms with Gasteiger partial charge in [0.05, 0.1) is 16.1 Å². The molecular weight excluding hydrogens is 349 g/mol. The Balaban J connectivity index is 2.95. The van der Waals surface area contributed by atoms with Gasteiger partial charge in [-0.25, -0.2) is 0 Å². The van der Waals surface area contributed by atoms with Crippen LogP contribution in [0.25, 0.3) is 11.1 Å². The monoisotopic (exact) mass is 360 g/mol. The van der Waals surface area contributed by atoms with Gasteiger partial charge in [-0.05, 0) is 31.5 Å². The van der Waals surface area contributed by atoms with Crippen molar-refractivity contribution >= 4 is 30.5 Å². The summed E-state index contributed by atoms with van der Waals surface area (Å²) in [5.74, 6) is 0. The van der Waals surface area contributed by atoms with Crippen LogP contribution in [0.3, 0.4) is 0 Å². The summed E-state index contributed by atoms with van der Waals surface area (Å²) in [6, 6.07) is 2.37. The van der Waals surface area contributed by atoms with Gasteiger partial charge in [0.15, 0.2) is 0 Å². The fourth-order valence-corrected chi connectivity index (χ4v) is 2.89. The highest BCUT2D eigenvalue weighted by Gasteiger charge is 2.38. The third-order valence-electron chi connectivity index (χ3n) is 3.34. The average molecular weight is 360 g/mol. The lowest BCUT2D eigenvalue weighted by molar-refractivity contribution is -0.385. The van der Waals surface area contributed by atoms with Crippen LogP contribution >= 0.6 is 24.8 Å². The zero-order chi connectivity index (χ0) is 17.5. The number of pyridine rings is 1. The first-order chi connectivity index (χ1) is 10.5. The van der Waals surface area contributed by atoms with Gasteiger partial charge in [0.2, 0.25) is 0 Å². The van der Waals surface area contributed by atoms with Gasteiger partial charge in [-0.15, -0.1) is 12.6 Å². The molecule has 0 amide bonds. The van der Waals surface area contributed by atoms with Crippen molar-refractivity contribution in [2.24, 2.45) is 0 Å². The Hall–Kier alpha value is -1.87. The second kappa shape index (κ2) is 5.97. The third-order valence-corrected chi connectivity index (χ3v) is 4.03. The lowest BCUT2D eigenvalue weighted by Gasteiger charge is -2.15. The van der Waals surface area contributed by atoms with Gasteiger partial charge in [0.25, 0.3) is 5.69 Å². The second-order valence-corrected chi connectivity index (χ2v) is 5.86. The molecule has 0 radical (unpaired) electrons.